The van der Waals surface area contributed by atoms with Crippen molar-refractivity contribution in [2.75, 3.05) is 46.3 Å². The number of piperazine rings is 1. The molecule has 33 heavy (non-hydrogen) atoms. The van der Waals surface area contributed by atoms with Crippen molar-refractivity contribution >= 4 is 10.2 Å². The van der Waals surface area contributed by atoms with Crippen molar-refractivity contribution in [3.8, 4) is 0 Å². The van der Waals surface area contributed by atoms with E-state index in [1.54, 1.807) is 4.31 Å². The van der Waals surface area contributed by atoms with E-state index in [9.17, 15) is 13.5 Å². The van der Waals surface area contributed by atoms with Gasteiger partial charge in [0.25, 0.3) is 10.2 Å². The first-order chi connectivity index (χ1) is 15.8. The Kier molecular flexibility index (Phi) is 9.47. The zero-order chi connectivity index (χ0) is 23.8. The second-order valence-electron chi connectivity index (χ2n) is 9.63. The maximum absolute atomic E-state index is 13.5. The molecule has 0 radical (unpaired) electrons. The maximum atomic E-state index is 13.5. The summed E-state index contributed by atoms with van der Waals surface area (Å²) in [5.74, 6) is 0.0771. The monoisotopic (exact) mass is 473 g/mol. The molecular weight excluding hydrogens is 434 g/mol. The van der Waals surface area contributed by atoms with Crippen LogP contribution in [0.1, 0.15) is 25.0 Å². The van der Waals surface area contributed by atoms with Crippen molar-refractivity contribution < 1.29 is 13.5 Å². The Morgan fingerprint density at radius 3 is 1.79 bits per heavy atom. The Labute approximate surface area is 200 Å². The highest BCUT2D eigenvalue weighted by atomic mass is 32.2. The van der Waals surface area contributed by atoms with Crippen LogP contribution in [0.2, 0.25) is 0 Å². The van der Waals surface area contributed by atoms with Crippen molar-refractivity contribution in [2.45, 2.75) is 32.8 Å². The fraction of sp³-hybridized carbons (Fsp3) is 0.538. The van der Waals surface area contributed by atoms with Crippen molar-refractivity contribution in [3.05, 3.63) is 71.8 Å². The molecule has 1 N–H and O–H groups in total. The Balaban J connectivity index is 1.80. The number of aliphatic hydroxyl groups is 1. The molecule has 1 heterocycles. The minimum Gasteiger partial charge on any atom is -0.391 e. The predicted molar refractivity (Wildman–Crippen MR) is 134 cm³/mol. The first-order valence-electron chi connectivity index (χ1n) is 12.0. The van der Waals surface area contributed by atoms with Gasteiger partial charge in [0.1, 0.15) is 0 Å². The largest absolute Gasteiger partial charge is 0.391 e. The van der Waals surface area contributed by atoms with E-state index in [-0.39, 0.29) is 18.4 Å². The van der Waals surface area contributed by atoms with Crippen LogP contribution < -0.4 is 0 Å². The van der Waals surface area contributed by atoms with Gasteiger partial charge in [0.05, 0.1) is 6.10 Å². The molecule has 3 rings (SSSR count). The summed E-state index contributed by atoms with van der Waals surface area (Å²) in [6.45, 7) is 6.97. The lowest BCUT2D eigenvalue weighted by Crippen LogP contribution is -2.54. The average Bonchev–Trinajstić information content (AvgIpc) is 2.79. The molecule has 0 aromatic heterocycles. The van der Waals surface area contributed by atoms with Crippen molar-refractivity contribution in [3.63, 3.8) is 0 Å². The van der Waals surface area contributed by atoms with E-state index in [1.165, 1.54) is 4.31 Å². The van der Waals surface area contributed by atoms with E-state index < -0.39 is 16.3 Å². The van der Waals surface area contributed by atoms with Gasteiger partial charge in [0.15, 0.2) is 0 Å². The van der Waals surface area contributed by atoms with Gasteiger partial charge in [-0.2, -0.15) is 17.0 Å². The Morgan fingerprint density at radius 2 is 1.33 bits per heavy atom. The molecule has 182 valence electrons. The smallest absolute Gasteiger partial charge is 0.282 e. The molecule has 1 saturated heterocycles. The van der Waals surface area contributed by atoms with Crippen LogP contribution in [-0.4, -0.2) is 79.5 Å². The van der Waals surface area contributed by atoms with Crippen molar-refractivity contribution in [1.29, 1.82) is 0 Å². The summed E-state index contributed by atoms with van der Waals surface area (Å²) < 4.78 is 30.1. The zero-order valence-electron chi connectivity index (χ0n) is 20.2. The van der Waals surface area contributed by atoms with Crippen LogP contribution in [0.5, 0.6) is 0 Å². The third kappa shape index (κ3) is 7.62. The fourth-order valence-electron chi connectivity index (χ4n) is 4.39. The molecular formula is C26H39N3O3S. The highest BCUT2D eigenvalue weighted by Crippen LogP contribution is 2.22. The molecule has 2 aromatic rings. The second-order valence-corrected chi connectivity index (χ2v) is 11.6. The Bertz CT molecular complexity index is 888. The predicted octanol–water partition coefficient (Wildman–Crippen LogP) is 2.90. The van der Waals surface area contributed by atoms with E-state index in [1.807, 2.05) is 57.3 Å². The van der Waals surface area contributed by atoms with Gasteiger partial charge < -0.3 is 10.0 Å². The minimum atomic E-state index is -3.64. The number of nitrogens with zero attached hydrogens (tertiary/aromatic N) is 3. The molecule has 0 aliphatic carbocycles. The molecule has 1 aliphatic rings. The van der Waals surface area contributed by atoms with Gasteiger partial charge in [-0.3, -0.25) is 0 Å². The number of likely N-dealkylation sites (N-methyl/N-ethyl adjacent to an activating group) is 1. The van der Waals surface area contributed by atoms with E-state index in [4.69, 9.17) is 0 Å². The molecule has 1 atom stereocenters. The molecule has 0 amide bonds. The van der Waals surface area contributed by atoms with E-state index in [2.05, 4.69) is 29.2 Å². The zero-order valence-corrected chi connectivity index (χ0v) is 21.0. The molecule has 6 nitrogen and oxygen atoms in total. The summed E-state index contributed by atoms with van der Waals surface area (Å²) in [6, 6.07) is 20.3. The third-order valence-corrected chi connectivity index (χ3v) is 8.27. The summed E-state index contributed by atoms with van der Waals surface area (Å²) in [5.41, 5.74) is 2.30. The van der Waals surface area contributed by atoms with Crippen LogP contribution in [-0.2, 0) is 23.1 Å². The lowest BCUT2D eigenvalue weighted by Gasteiger charge is -2.37. The average molecular weight is 474 g/mol. The first-order valence-corrected chi connectivity index (χ1v) is 13.3. The van der Waals surface area contributed by atoms with E-state index in [0.717, 1.165) is 24.2 Å². The molecule has 7 heteroatoms. The minimum absolute atomic E-state index is 0.0906. The number of rotatable bonds is 11. The van der Waals surface area contributed by atoms with Gasteiger partial charge in [-0.05, 0) is 42.9 Å². The fourth-order valence-corrected chi connectivity index (χ4v) is 6.17. The van der Waals surface area contributed by atoms with E-state index >= 15 is 0 Å². The maximum Gasteiger partial charge on any atom is 0.282 e. The lowest BCUT2D eigenvalue weighted by atomic mass is 9.88. The lowest BCUT2D eigenvalue weighted by molar-refractivity contribution is 0.0810. The highest BCUT2D eigenvalue weighted by molar-refractivity contribution is 7.86. The number of hydrogen-bond acceptors (Lipinski definition) is 4. The van der Waals surface area contributed by atoms with Gasteiger partial charge in [-0.1, -0.05) is 74.5 Å². The van der Waals surface area contributed by atoms with Gasteiger partial charge in [0.2, 0.25) is 0 Å². The van der Waals surface area contributed by atoms with Gasteiger partial charge in [0, 0.05) is 39.3 Å². The van der Waals surface area contributed by atoms with Gasteiger partial charge in [-0.15, -0.1) is 0 Å². The third-order valence-electron chi connectivity index (χ3n) is 6.30. The quantitative estimate of drug-likeness (QED) is 0.545. The van der Waals surface area contributed by atoms with Crippen LogP contribution in [0.15, 0.2) is 60.7 Å². The molecule has 0 unspecified atom stereocenters. The standard InChI is InChI=1S/C26H39N3O3S/c1-22(2)20-29(33(31,32)28-16-14-27(3)15-17-28)21-26(30)25(18-23-10-6-4-7-11-23)19-24-12-8-5-9-13-24/h4-13,22,25-26,30H,14-21H2,1-3H3/t26-/m0/s1. The van der Waals surface area contributed by atoms with Crippen molar-refractivity contribution in [1.82, 2.24) is 13.5 Å². The first kappa shape index (κ1) is 25.8. The van der Waals surface area contributed by atoms with Crippen LogP contribution in [0.25, 0.3) is 0 Å². The van der Waals surface area contributed by atoms with Crippen LogP contribution in [0.4, 0.5) is 0 Å². The molecule has 2 aromatic carbocycles. The number of aliphatic hydroxyl groups excluding tert-OH is 1. The number of hydrogen-bond donors (Lipinski definition) is 1. The Hall–Kier alpha value is -1.77. The number of benzene rings is 2. The summed E-state index contributed by atoms with van der Waals surface area (Å²) in [6.07, 6.45) is 0.619. The SMILES string of the molecule is CC(C)CN(C[C@H](O)C(Cc1ccccc1)Cc1ccccc1)S(=O)(=O)N1CCN(C)CC1. The molecule has 1 aliphatic heterocycles. The normalized spacial score (nSPS) is 17.2. The molecule has 0 saturated carbocycles. The second kappa shape index (κ2) is 12.1. The molecule has 0 spiro atoms. The Morgan fingerprint density at radius 1 is 0.848 bits per heavy atom. The van der Waals surface area contributed by atoms with Crippen molar-refractivity contribution in [2.24, 2.45) is 11.8 Å². The van der Waals surface area contributed by atoms with Gasteiger partial charge in [-0.25, -0.2) is 0 Å². The summed E-state index contributed by atoms with van der Waals surface area (Å²) in [4.78, 5) is 2.14. The highest BCUT2D eigenvalue weighted by Gasteiger charge is 2.34. The van der Waals surface area contributed by atoms with Gasteiger partial charge >= 0.3 is 0 Å². The van der Waals surface area contributed by atoms with Crippen LogP contribution >= 0.6 is 0 Å². The molecule has 1 fully saturated rings. The molecule has 0 bridgehead atoms. The topological polar surface area (TPSA) is 64.1 Å². The summed E-state index contributed by atoms with van der Waals surface area (Å²) in [7, 11) is -1.63. The summed E-state index contributed by atoms with van der Waals surface area (Å²) >= 11 is 0. The van der Waals surface area contributed by atoms with Crippen LogP contribution in [0.3, 0.4) is 0 Å². The van der Waals surface area contributed by atoms with Crippen LogP contribution in [0, 0.1) is 11.8 Å². The van der Waals surface area contributed by atoms with E-state index in [0.29, 0.717) is 32.5 Å². The summed E-state index contributed by atoms with van der Waals surface area (Å²) in [5, 5.41) is 11.4.